The fourth-order valence-electron chi connectivity index (χ4n) is 1.89. The highest BCUT2D eigenvalue weighted by atomic mass is 19.1. The van der Waals surface area contributed by atoms with Gasteiger partial charge >= 0.3 is 0 Å². The predicted molar refractivity (Wildman–Crippen MR) is 58.6 cm³/mol. The molecule has 0 aliphatic carbocycles. The predicted octanol–water partition coefficient (Wildman–Crippen LogP) is 1.66. The highest BCUT2D eigenvalue weighted by Gasteiger charge is 2.40. The van der Waals surface area contributed by atoms with Gasteiger partial charge in [-0.25, -0.2) is 4.39 Å². The molecule has 1 aromatic carbocycles. The lowest BCUT2D eigenvalue weighted by molar-refractivity contribution is 0.00818. The van der Waals surface area contributed by atoms with Crippen molar-refractivity contribution in [3.8, 4) is 6.07 Å². The minimum Gasteiger partial charge on any atom is -0.386 e. The first-order chi connectivity index (χ1) is 7.58. The van der Waals surface area contributed by atoms with Crippen LogP contribution in [-0.2, 0) is 0 Å². The molecule has 0 saturated carbocycles. The minimum absolute atomic E-state index is 0.313. The average Bonchev–Trinajstić information content (AvgIpc) is 2.25. The van der Waals surface area contributed by atoms with Crippen LogP contribution < -0.4 is 4.90 Å². The molecule has 0 bridgehead atoms. The fraction of sp³-hybridized carbons (Fsp3) is 0.417. The number of anilines is 1. The first kappa shape index (κ1) is 10.9. The van der Waals surface area contributed by atoms with E-state index in [1.165, 1.54) is 6.07 Å². The van der Waals surface area contributed by atoms with Crippen LogP contribution in [0, 0.1) is 17.1 Å². The van der Waals surface area contributed by atoms with Gasteiger partial charge in [0.2, 0.25) is 0 Å². The molecule has 16 heavy (non-hydrogen) atoms. The Labute approximate surface area is 93.7 Å². The second-order valence-electron chi connectivity index (χ2n) is 4.21. The van der Waals surface area contributed by atoms with E-state index in [9.17, 15) is 9.50 Å². The Morgan fingerprint density at radius 2 is 2.25 bits per heavy atom. The van der Waals surface area contributed by atoms with Crippen LogP contribution in [-0.4, -0.2) is 23.8 Å². The Balaban J connectivity index is 2.16. The standard InChI is InChI=1S/C12H13FN2O/c1-2-12(16)7-15(8-12)11-4-3-9(6-14)5-10(11)13/h3-5,16H,2,7-8H2,1H3. The van der Waals surface area contributed by atoms with Crippen molar-refractivity contribution < 1.29 is 9.50 Å². The largest absolute Gasteiger partial charge is 0.386 e. The van der Waals surface area contributed by atoms with Crippen molar-refractivity contribution in [3.05, 3.63) is 29.6 Å². The summed E-state index contributed by atoms with van der Waals surface area (Å²) in [5.41, 5.74) is 0.0880. The van der Waals surface area contributed by atoms with Gasteiger partial charge in [-0.2, -0.15) is 5.26 Å². The second-order valence-corrected chi connectivity index (χ2v) is 4.21. The Bertz CT molecular complexity index is 447. The Kier molecular flexibility index (Phi) is 2.56. The van der Waals surface area contributed by atoms with Crippen LogP contribution in [0.15, 0.2) is 18.2 Å². The molecular formula is C12H13FN2O. The molecule has 1 fully saturated rings. The highest BCUT2D eigenvalue weighted by molar-refractivity contribution is 5.54. The number of aliphatic hydroxyl groups is 1. The van der Waals surface area contributed by atoms with E-state index in [0.717, 1.165) is 0 Å². The summed E-state index contributed by atoms with van der Waals surface area (Å²) in [6.07, 6.45) is 0.668. The van der Waals surface area contributed by atoms with Crippen LogP contribution in [0.25, 0.3) is 0 Å². The molecule has 0 radical (unpaired) electrons. The van der Waals surface area contributed by atoms with Crippen LogP contribution in [0.5, 0.6) is 0 Å². The van der Waals surface area contributed by atoms with Crippen LogP contribution in [0.4, 0.5) is 10.1 Å². The molecule has 3 nitrogen and oxygen atoms in total. The summed E-state index contributed by atoms with van der Waals surface area (Å²) in [5.74, 6) is -0.405. The van der Waals surface area contributed by atoms with Gasteiger partial charge in [-0.1, -0.05) is 6.92 Å². The second kappa shape index (κ2) is 3.76. The molecule has 1 aliphatic heterocycles. The van der Waals surface area contributed by atoms with Gasteiger partial charge < -0.3 is 10.0 Å². The van der Waals surface area contributed by atoms with E-state index in [0.29, 0.717) is 30.8 Å². The van der Waals surface area contributed by atoms with Crippen LogP contribution in [0.2, 0.25) is 0 Å². The lowest BCUT2D eigenvalue weighted by atomic mass is 9.90. The van der Waals surface area contributed by atoms with Gasteiger partial charge in [-0.3, -0.25) is 0 Å². The molecule has 0 aromatic heterocycles. The molecule has 1 N–H and O–H groups in total. The van der Waals surface area contributed by atoms with Crippen molar-refractivity contribution in [3.63, 3.8) is 0 Å². The van der Waals surface area contributed by atoms with Crippen molar-refractivity contribution in [2.24, 2.45) is 0 Å². The highest BCUT2D eigenvalue weighted by Crippen LogP contribution is 2.31. The zero-order valence-corrected chi connectivity index (χ0v) is 9.07. The molecule has 1 aliphatic rings. The van der Waals surface area contributed by atoms with E-state index in [1.54, 1.807) is 17.0 Å². The third-order valence-electron chi connectivity index (χ3n) is 3.05. The van der Waals surface area contributed by atoms with Gasteiger partial charge in [0.25, 0.3) is 0 Å². The molecule has 1 aromatic rings. The number of nitrogens with zero attached hydrogens (tertiary/aromatic N) is 2. The zero-order valence-electron chi connectivity index (χ0n) is 9.07. The molecule has 0 unspecified atom stereocenters. The van der Waals surface area contributed by atoms with E-state index < -0.39 is 11.4 Å². The number of benzene rings is 1. The number of nitriles is 1. The van der Waals surface area contributed by atoms with Crippen LogP contribution in [0.3, 0.4) is 0 Å². The zero-order chi connectivity index (χ0) is 11.8. The van der Waals surface area contributed by atoms with E-state index >= 15 is 0 Å². The molecule has 1 saturated heterocycles. The minimum atomic E-state index is -0.680. The Morgan fingerprint density at radius 1 is 1.56 bits per heavy atom. The van der Waals surface area contributed by atoms with Crippen molar-refractivity contribution in [2.45, 2.75) is 18.9 Å². The SMILES string of the molecule is CCC1(O)CN(c2ccc(C#N)cc2F)C1. The molecule has 0 atom stereocenters. The maximum absolute atomic E-state index is 13.6. The summed E-state index contributed by atoms with van der Waals surface area (Å²) in [6.45, 7) is 2.81. The maximum Gasteiger partial charge on any atom is 0.147 e. The molecule has 4 heteroatoms. The lowest BCUT2D eigenvalue weighted by Gasteiger charge is -2.47. The Hall–Kier alpha value is -1.60. The van der Waals surface area contributed by atoms with Gasteiger partial charge in [0.05, 0.1) is 22.9 Å². The summed E-state index contributed by atoms with van der Waals surface area (Å²) >= 11 is 0. The number of hydrogen-bond donors (Lipinski definition) is 1. The summed E-state index contributed by atoms with van der Waals surface area (Å²) in [4.78, 5) is 1.78. The summed E-state index contributed by atoms with van der Waals surface area (Å²) < 4.78 is 13.6. The maximum atomic E-state index is 13.6. The van der Waals surface area contributed by atoms with E-state index in [2.05, 4.69) is 0 Å². The normalized spacial score (nSPS) is 17.8. The van der Waals surface area contributed by atoms with Crippen LogP contribution >= 0.6 is 0 Å². The monoisotopic (exact) mass is 220 g/mol. The van der Waals surface area contributed by atoms with Crippen molar-refractivity contribution in [2.75, 3.05) is 18.0 Å². The lowest BCUT2D eigenvalue weighted by Crippen LogP contribution is -2.61. The topological polar surface area (TPSA) is 47.3 Å². The van der Waals surface area contributed by atoms with Gasteiger partial charge in [0.15, 0.2) is 0 Å². The van der Waals surface area contributed by atoms with Gasteiger partial charge in [-0.15, -0.1) is 0 Å². The van der Waals surface area contributed by atoms with Gasteiger partial charge in [0, 0.05) is 13.1 Å². The van der Waals surface area contributed by atoms with E-state index in [-0.39, 0.29) is 0 Å². The van der Waals surface area contributed by atoms with E-state index in [4.69, 9.17) is 5.26 Å². The van der Waals surface area contributed by atoms with Crippen molar-refractivity contribution >= 4 is 5.69 Å². The van der Waals surface area contributed by atoms with Gasteiger partial charge in [0.1, 0.15) is 5.82 Å². The van der Waals surface area contributed by atoms with Gasteiger partial charge in [-0.05, 0) is 24.6 Å². The first-order valence-electron chi connectivity index (χ1n) is 5.25. The summed E-state index contributed by atoms with van der Waals surface area (Å²) in [5, 5.41) is 18.4. The molecule has 0 amide bonds. The van der Waals surface area contributed by atoms with Crippen molar-refractivity contribution in [1.29, 1.82) is 5.26 Å². The smallest absolute Gasteiger partial charge is 0.147 e. The summed E-state index contributed by atoms with van der Waals surface area (Å²) in [7, 11) is 0. The number of rotatable bonds is 2. The number of β-amino-alcohol motifs (C(OH)–C–C–N with tert-alkyl or cyclic N) is 1. The van der Waals surface area contributed by atoms with Crippen LogP contribution in [0.1, 0.15) is 18.9 Å². The quantitative estimate of drug-likeness (QED) is 0.824. The molecule has 0 spiro atoms. The number of halogens is 1. The third-order valence-corrected chi connectivity index (χ3v) is 3.05. The first-order valence-corrected chi connectivity index (χ1v) is 5.25. The van der Waals surface area contributed by atoms with E-state index in [1.807, 2.05) is 13.0 Å². The molecular weight excluding hydrogens is 207 g/mol. The van der Waals surface area contributed by atoms with Crippen molar-refractivity contribution in [1.82, 2.24) is 0 Å². The molecule has 84 valence electrons. The average molecular weight is 220 g/mol. The summed E-state index contributed by atoms with van der Waals surface area (Å²) in [6, 6.07) is 6.28. The Morgan fingerprint density at radius 3 is 2.75 bits per heavy atom. The number of hydrogen-bond acceptors (Lipinski definition) is 3. The third kappa shape index (κ3) is 1.74. The molecule has 1 heterocycles. The molecule has 2 rings (SSSR count). The fourth-order valence-corrected chi connectivity index (χ4v) is 1.89.